The minimum absolute atomic E-state index is 0.139. The highest BCUT2D eigenvalue weighted by Crippen LogP contribution is 2.05. The molecule has 0 saturated heterocycles. The lowest BCUT2D eigenvalue weighted by molar-refractivity contribution is -0.180. The van der Waals surface area contributed by atoms with Crippen molar-refractivity contribution in [2.24, 2.45) is 0 Å². The van der Waals surface area contributed by atoms with Gasteiger partial charge in [0.15, 0.2) is 0 Å². The first-order valence-corrected chi connectivity index (χ1v) is 5.03. The van der Waals surface area contributed by atoms with Gasteiger partial charge >= 0.3 is 5.97 Å². The molecule has 5 nitrogen and oxygen atoms in total. The Morgan fingerprint density at radius 3 is 2.93 bits per heavy atom. The largest absolute Gasteiger partial charge is 0.481 e. The highest BCUT2D eigenvalue weighted by atomic mass is 16.7. The molecule has 5 heteroatoms. The average molecular weight is 213 g/mol. The van der Waals surface area contributed by atoms with Crippen LogP contribution in [0.1, 0.15) is 25.7 Å². The van der Waals surface area contributed by atoms with Gasteiger partial charge in [0, 0.05) is 19.0 Å². The molecule has 1 aliphatic rings. The third kappa shape index (κ3) is 4.60. The molecule has 84 valence electrons. The van der Waals surface area contributed by atoms with E-state index in [2.05, 4.69) is 0 Å². The molecule has 0 aromatic heterocycles. The van der Waals surface area contributed by atoms with Crippen molar-refractivity contribution in [3.05, 3.63) is 12.2 Å². The van der Waals surface area contributed by atoms with E-state index >= 15 is 0 Å². The van der Waals surface area contributed by atoms with Crippen molar-refractivity contribution >= 4 is 11.9 Å². The quantitative estimate of drug-likeness (QED) is 0.667. The van der Waals surface area contributed by atoms with Crippen LogP contribution in [-0.2, 0) is 14.4 Å². The molecule has 1 amide bonds. The standard InChI is InChI=1S/C10H15NO4/c12-9-5-4-8-15-11(9)7-3-1-2-6-10(13)14/h4-5H,1-3,6-8H2,(H,13,14). The molecule has 15 heavy (non-hydrogen) atoms. The van der Waals surface area contributed by atoms with Crippen LogP contribution in [0.2, 0.25) is 0 Å². The number of hydrogen-bond donors (Lipinski definition) is 1. The first-order chi connectivity index (χ1) is 7.20. The molecule has 0 aromatic carbocycles. The van der Waals surface area contributed by atoms with Crippen LogP contribution < -0.4 is 0 Å². The van der Waals surface area contributed by atoms with E-state index in [1.165, 1.54) is 11.1 Å². The number of hydrogen-bond acceptors (Lipinski definition) is 3. The zero-order chi connectivity index (χ0) is 11.1. The number of carbonyl (C=O) groups is 2. The molecule has 0 spiro atoms. The molecule has 0 aromatic rings. The number of aliphatic carboxylic acids is 1. The lowest BCUT2D eigenvalue weighted by Crippen LogP contribution is -2.33. The summed E-state index contributed by atoms with van der Waals surface area (Å²) in [5.41, 5.74) is 0. The van der Waals surface area contributed by atoms with Crippen LogP contribution in [0.4, 0.5) is 0 Å². The second kappa shape index (κ2) is 6.19. The summed E-state index contributed by atoms with van der Waals surface area (Å²) in [6, 6.07) is 0. The predicted octanol–water partition coefficient (Wildman–Crippen LogP) is 0.961. The number of carboxylic acid groups (broad SMARTS) is 1. The number of carboxylic acids is 1. The lowest BCUT2D eigenvalue weighted by atomic mass is 10.2. The zero-order valence-electron chi connectivity index (χ0n) is 8.52. The number of carbonyl (C=O) groups excluding carboxylic acids is 1. The summed E-state index contributed by atoms with van der Waals surface area (Å²) in [6.45, 7) is 0.962. The monoisotopic (exact) mass is 213 g/mol. The average Bonchev–Trinajstić information content (AvgIpc) is 2.20. The summed E-state index contributed by atoms with van der Waals surface area (Å²) in [7, 11) is 0. The molecule has 0 fully saturated rings. The summed E-state index contributed by atoms with van der Waals surface area (Å²) in [4.78, 5) is 26.5. The van der Waals surface area contributed by atoms with E-state index in [1.54, 1.807) is 6.08 Å². The molecule has 0 bridgehead atoms. The first-order valence-electron chi connectivity index (χ1n) is 5.03. The molecule has 0 saturated carbocycles. The van der Waals surface area contributed by atoms with Crippen molar-refractivity contribution < 1.29 is 19.5 Å². The Morgan fingerprint density at radius 1 is 1.47 bits per heavy atom. The van der Waals surface area contributed by atoms with Crippen LogP contribution in [0.15, 0.2) is 12.2 Å². The molecule has 0 radical (unpaired) electrons. The molecule has 0 atom stereocenters. The topological polar surface area (TPSA) is 66.8 Å². The van der Waals surface area contributed by atoms with E-state index in [0.717, 1.165) is 12.8 Å². The molecular weight excluding hydrogens is 198 g/mol. The SMILES string of the molecule is O=C(O)CCCCCN1OCC=CC1=O. The van der Waals surface area contributed by atoms with Gasteiger partial charge in [-0.3, -0.25) is 14.4 Å². The van der Waals surface area contributed by atoms with E-state index in [9.17, 15) is 9.59 Å². The maximum absolute atomic E-state index is 11.2. The molecule has 1 aliphatic heterocycles. The number of hydroxylamine groups is 2. The summed E-state index contributed by atoms with van der Waals surface area (Å²) in [6.07, 6.45) is 5.56. The summed E-state index contributed by atoms with van der Waals surface area (Å²) >= 11 is 0. The maximum Gasteiger partial charge on any atom is 0.303 e. The summed E-state index contributed by atoms with van der Waals surface area (Å²) in [5, 5.41) is 9.73. The van der Waals surface area contributed by atoms with E-state index in [0.29, 0.717) is 19.6 Å². The number of amides is 1. The maximum atomic E-state index is 11.2. The van der Waals surface area contributed by atoms with E-state index in [1.807, 2.05) is 0 Å². The fourth-order valence-corrected chi connectivity index (χ4v) is 1.31. The van der Waals surface area contributed by atoms with Gasteiger partial charge in [-0.1, -0.05) is 12.5 Å². The zero-order valence-corrected chi connectivity index (χ0v) is 8.52. The van der Waals surface area contributed by atoms with Crippen molar-refractivity contribution in [1.29, 1.82) is 0 Å². The van der Waals surface area contributed by atoms with Gasteiger partial charge in [0.25, 0.3) is 5.91 Å². The van der Waals surface area contributed by atoms with Gasteiger partial charge in [-0.2, -0.15) is 0 Å². The Morgan fingerprint density at radius 2 is 2.27 bits per heavy atom. The molecule has 1 heterocycles. The highest BCUT2D eigenvalue weighted by Gasteiger charge is 2.13. The first kappa shape index (κ1) is 11.7. The lowest BCUT2D eigenvalue weighted by Gasteiger charge is -2.22. The third-order valence-electron chi connectivity index (χ3n) is 2.08. The van der Waals surface area contributed by atoms with E-state index in [4.69, 9.17) is 9.94 Å². The number of unbranched alkanes of at least 4 members (excludes halogenated alkanes) is 2. The predicted molar refractivity (Wildman–Crippen MR) is 52.9 cm³/mol. The Hall–Kier alpha value is -1.36. The van der Waals surface area contributed by atoms with Crippen molar-refractivity contribution in [3.8, 4) is 0 Å². The molecule has 0 unspecified atom stereocenters. The summed E-state index contributed by atoms with van der Waals surface area (Å²) in [5.74, 6) is -0.914. The minimum Gasteiger partial charge on any atom is -0.481 e. The normalized spacial score (nSPS) is 15.7. The van der Waals surface area contributed by atoms with Crippen molar-refractivity contribution in [3.63, 3.8) is 0 Å². The van der Waals surface area contributed by atoms with Gasteiger partial charge in [0.2, 0.25) is 0 Å². The van der Waals surface area contributed by atoms with Crippen LogP contribution in [0.5, 0.6) is 0 Å². The second-order valence-corrected chi connectivity index (χ2v) is 3.34. The van der Waals surface area contributed by atoms with Gasteiger partial charge in [-0.05, 0) is 12.8 Å². The van der Waals surface area contributed by atoms with Gasteiger partial charge < -0.3 is 5.11 Å². The van der Waals surface area contributed by atoms with Crippen LogP contribution in [0.25, 0.3) is 0 Å². The fraction of sp³-hybridized carbons (Fsp3) is 0.600. The molecule has 1 rings (SSSR count). The third-order valence-corrected chi connectivity index (χ3v) is 2.08. The van der Waals surface area contributed by atoms with Crippen LogP contribution >= 0.6 is 0 Å². The fourth-order valence-electron chi connectivity index (χ4n) is 1.31. The molecule has 0 aliphatic carbocycles. The second-order valence-electron chi connectivity index (χ2n) is 3.34. The Bertz CT molecular complexity index is 262. The van der Waals surface area contributed by atoms with Crippen molar-refractivity contribution in [2.45, 2.75) is 25.7 Å². The van der Waals surface area contributed by atoms with E-state index in [-0.39, 0.29) is 12.3 Å². The Balaban J connectivity index is 2.07. The van der Waals surface area contributed by atoms with Gasteiger partial charge in [0.05, 0.1) is 6.61 Å². The minimum atomic E-state index is -0.775. The van der Waals surface area contributed by atoms with E-state index < -0.39 is 5.97 Å². The van der Waals surface area contributed by atoms with Crippen LogP contribution in [0, 0.1) is 0 Å². The molecule has 1 N–H and O–H groups in total. The van der Waals surface area contributed by atoms with Gasteiger partial charge in [-0.25, -0.2) is 5.06 Å². The van der Waals surface area contributed by atoms with Crippen molar-refractivity contribution in [2.75, 3.05) is 13.2 Å². The Labute approximate surface area is 88.3 Å². The number of rotatable bonds is 6. The summed E-state index contributed by atoms with van der Waals surface area (Å²) < 4.78 is 0. The highest BCUT2D eigenvalue weighted by molar-refractivity contribution is 5.87. The van der Waals surface area contributed by atoms with Gasteiger partial charge in [0.1, 0.15) is 0 Å². The van der Waals surface area contributed by atoms with Crippen LogP contribution in [0.3, 0.4) is 0 Å². The smallest absolute Gasteiger partial charge is 0.303 e. The number of nitrogens with zero attached hydrogens (tertiary/aromatic N) is 1. The van der Waals surface area contributed by atoms with Gasteiger partial charge in [-0.15, -0.1) is 0 Å². The Kier molecular flexibility index (Phi) is 4.83. The molecular formula is C10H15NO4. The van der Waals surface area contributed by atoms with Crippen molar-refractivity contribution in [1.82, 2.24) is 5.06 Å². The van der Waals surface area contributed by atoms with Crippen LogP contribution in [-0.4, -0.2) is 35.2 Å².